The van der Waals surface area contributed by atoms with Gasteiger partial charge in [-0.15, -0.1) is 0 Å². The zero-order valence-corrected chi connectivity index (χ0v) is 18.7. The average Bonchev–Trinajstić information content (AvgIpc) is 2.69. The van der Waals surface area contributed by atoms with Crippen LogP contribution in [0.25, 0.3) is 0 Å². The SMILES string of the molecule is CS(=O)(=O)OCCCNC1COc2c(F)ccc(F)c2C1S(=O)(=O)c1ccc(Cl)cc1. The molecule has 0 saturated carbocycles. The van der Waals surface area contributed by atoms with E-state index in [1.54, 1.807) is 0 Å². The van der Waals surface area contributed by atoms with Crippen LogP contribution in [-0.2, 0) is 24.1 Å². The Morgan fingerprint density at radius 3 is 2.39 bits per heavy atom. The predicted molar refractivity (Wildman–Crippen MR) is 110 cm³/mol. The number of hydrogen-bond donors (Lipinski definition) is 1. The Kier molecular flexibility index (Phi) is 7.21. The van der Waals surface area contributed by atoms with Crippen molar-refractivity contribution in [3.05, 3.63) is 58.6 Å². The first-order valence-electron chi connectivity index (χ1n) is 9.18. The quantitative estimate of drug-likeness (QED) is 0.444. The summed E-state index contributed by atoms with van der Waals surface area (Å²) in [6, 6.07) is 6.16. The van der Waals surface area contributed by atoms with Gasteiger partial charge in [0.2, 0.25) is 0 Å². The molecule has 0 aliphatic carbocycles. The van der Waals surface area contributed by atoms with Gasteiger partial charge in [-0.2, -0.15) is 8.42 Å². The standard InChI is InChI=1S/C19H20ClF2NO6S2/c1-30(24,25)29-10-2-9-23-16-11-28-18-15(22)8-7-14(21)17(18)19(16)31(26,27)13-5-3-12(20)4-6-13/h3-8,16,19,23H,2,9-11H2,1H3. The second-order valence-corrected chi connectivity index (χ2v) is 11.1. The Balaban J connectivity index is 1.93. The second-order valence-electron chi connectivity index (χ2n) is 6.94. The summed E-state index contributed by atoms with van der Waals surface area (Å²) in [5, 5.41) is 1.78. The molecule has 0 amide bonds. The molecule has 0 spiro atoms. The predicted octanol–water partition coefficient (Wildman–Crippen LogP) is 2.85. The summed E-state index contributed by atoms with van der Waals surface area (Å²) in [6.45, 7) is -0.201. The van der Waals surface area contributed by atoms with Crippen molar-refractivity contribution in [3.63, 3.8) is 0 Å². The summed E-state index contributed by atoms with van der Waals surface area (Å²) >= 11 is 5.84. The molecule has 2 atom stereocenters. The Bertz CT molecular complexity index is 1160. The lowest BCUT2D eigenvalue weighted by atomic mass is 10.0. The van der Waals surface area contributed by atoms with Crippen LogP contribution in [0.4, 0.5) is 8.78 Å². The van der Waals surface area contributed by atoms with Crippen molar-refractivity contribution < 1.29 is 34.5 Å². The van der Waals surface area contributed by atoms with Gasteiger partial charge in [-0.25, -0.2) is 17.2 Å². The van der Waals surface area contributed by atoms with E-state index in [0.717, 1.165) is 18.4 Å². The van der Waals surface area contributed by atoms with E-state index in [2.05, 4.69) is 9.50 Å². The maximum Gasteiger partial charge on any atom is 0.264 e. The van der Waals surface area contributed by atoms with Crippen molar-refractivity contribution >= 4 is 31.6 Å². The summed E-state index contributed by atoms with van der Waals surface area (Å²) in [5.41, 5.74) is -0.397. The van der Waals surface area contributed by atoms with Gasteiger partial charge >= 0.3 is 0 Å². The normalized spacial score (nSPS) is 19.0. The number of ether oxygens (including phenoxy) is 1. The van der Waals surface area contributed by atoms with Crippen LogP contribution in [0.1, 0.15) is 17.2 Å². The van der Waals surface area contributed by atoms with Crippen molar-refractivity contribution in [2.45, 2.75) is 22.6 Å². The van der Waals surface area contributed by atoms with E-state index >= 15 is 0 Å². The molecular weight excluding hydrogens is 476 g/mol. The topological polar surface area (TPSA) is 98.8 Å². The Morgan fingerprint density at radius 2 is 1.74 bits per heavy atom. The van der Waals surface area contributed by atoms with Gasteiger partial charge in [0, 0.05) is 5.02 Å². The molecule has 3 rings (SSSR count). The first-order valence-corrected chi connectivity index (χ1v) is 12.9. The molecule has 2 aromatic carbocycles. The minimum absolute atomic E-state index is 0.106. The Hall–Kier alpha value is -1.79. The van der Waals surface area contributed by atoms with Gasteiger partial charge in [-0.05, 0) is 49.4 Å². The molecular formula is C19H20ClF2NO6S2. The summed E-state index contributed by atoms with van der Waals surface area (Å²) in [4.78, 5) is -0.106. The highest BCUT2D eigenvalue weighted by Gasteiger charge is 2.44. The highest BCUT2D eigenvalue weighted by atomic mass is 35.5. The van der Waals surface area contributed by atoms with Gasteiger partial charge in [-0.3, -0.25) is 4.18 Å². The third kappa shape index (κ3) is 5.53. The van der Waals surface area contributed by atoms with Crippen molar-refractivity contribution in [1.29, 1.82) is 0 Å². The van der Waals surface area contributed by atoms with Crippen molar-refractivity contribution in [3.8, 4) is 5.75 Å². The smallest absolute Gasteiger partial charge is 0.264 e. The number of hydrogen-bond acceptors (Lipinski definition) is 7. The highest BCUT2D eigenvalue weighted by molar-refractivity contribution is 7.91. The van der Waals surface area contributed by atoms with E-state index in [1.165, 1.54) is 24.3 Å². The highest BCUT2D eigenvalue weighted by Crippen LogP contribution is 2.43. The molecule has 12 heteroatoms. The van der Waals surface area contributed by atoms with E-state index in [0.29, 0.717) is 5.02 Å². The van der Waals surface area contributed by atoms with Gasteiger partial charge in [0.1, 0.15) is 17.7 Å². The maximum absolute atomic E-state index is 14.7. The lowest BCUT2D eigenvalue weighted by molar-refractivity contribution is 0.216. The molecule has 1 N–H and O–H groups in total. The monoisotopic (exact) mass is 495 g/mol. The van der Waals surface area contributed by atoms with Crippen LogP contribution in [0.5, 0.6) is 5.75 Å². The Morgan fingerprint density at radius 1 is 1.10 bits per heavy atom. The number of rotatable bonds is 8. The fraction of sp³-hybridized carbons (Fsp3) is 0.368. The molecule has 170 valence electrons. The fourth-order valence-electron chi connectivity index (χ4n) is 3.30. The molecule has 0 bridgehead atoms. The van der Waals surface area contributed by atoms with Crippen molar-refractivity contribution in [2.75, 3.05) is 26.0 Å². The Labute approximate surface area is 184 Å². The largest absolute Gasteiger partial charge is 0.488 e. The lowest BCUT2D eigenvalue weighted by Crippen LogP contribution is -2.46. The number of nitrogens with one attached hydrogen (secondary N) is 1. The van der Waals surface area contributed by atoms with Crippen LogP contribution in [0, 0.1) is 11.6 Å². The van der Waals surface area contributed by atoms with E-state index in [-0.39, 0.29) is 31.1 Å². The van der Waals surface area contributed by atoms with Crippen LogP contribution in [-0.4, -0.2) is 48.9 Å². The second kappa shape index (κ2) is 9.37. The molecule has 0 radical (unpaired) electrons. The summed E-state index contributed by atoms with van der Waals surface area (Å²) in [5.74, 6) is -2.22. The van der Waals surface area contributed by atoms with E-state index in [9.17, 15) is 25.6 Å². The fourth-order valence-corrected chi connectivity index (χ4v) is 5.79. The number of halogens is 3. The average molecular weight is 496 g/mol. The maximum atomic E-state index is 14.7. The van der Waals surface area contributed by atoms with Crippen LogP contribution >= 0.6 is 11.6 Å². The number of benzene rings is 2. The summed E-state index contributed by atoms with van der Waals surface area (Å²) < 4.78 is 87.9. The molecule has 31 heavy (non-hydrogen) atoms. The summed E-state index contributed by atoms with van der Waals surface area (Å²) in [6.07, 6.45) is 1.15. The molecule has 0 fully saturated rings. The molecule has 1 heterocycles. The third-order valence-corrected chi connectivity index (χ3v) is 7.66. The number of fused-ring (bicyclic) bond motifs is 1. The molecule has 1 aliphatic heterocycles. The molecule has 0 aromatic heterocycles. The first kappa shape index (κ1) is 23.9. The minimum Gasteiger partial charge on any atom is -0.488 e. The zero-order valence-electron chi connectivity index (χ0n) is 16.3. The van der Waals surface area contributed by atoms with E-state index < -0.39 is 54.2 Å². The summed E-state index contributed by atoms with van der Waals surface area (Å²) in [7, 11) is -7.79. The molecule has 1 aliphatic rings. The molecule has 2 unspecified atom stereocenters. The van der Waals surface area contributed by atoms with Crippen LogP contribution in [0.15, 0.2) is 41.3 Å². The van der Waals surface area contributed by atoms with Crippen molar-refractivity contribution in [2.24, 2.45) is 0 Å². The zero-order chi connectivity index (χ0) is 22.8. The van der Waals surface area contributed by atoms with Crippen LogP contribution in [0.2, 0.25) is 5.02 Å². The van der Waals surface area contributed by atoms with Crippen molar-refractivity contribution in [1.82, 2.24) is 5.32 Å². The van der Waals surface area contributed by atoms with Gasteiger partial charge < -0.3 is 10.1 Å². The third-order valence-electron chi connectivity index (χ3n) is 4.65. The molecule has 7 nitrogen and oxygen atoms in total. The van der Waals surface area contributed by atoms with Crippen LogP contribution < -0.4 is 10.1 Å². The molecule has 2 aromatic rings. The van der Waals surface area contributed by atoms with Gasteiger partial charge in [0.15, 0.2) is 21.4 Å². The van der Waals surface area contributed by atoms with E-state index in [4.69, 9.17) is 16.3 Å². The minimum atomic E-state index is -4.18. The number of sulfone groups is 1. The van der Waals surface area contributed by atoms with Crippen LogP contribution in [0.3, 0.4) is 0 Å². The van der Waals surface area contributed by atoms with Gasteiger partial charge in [0.25, 0.3) is 10.1 Å². The van der Waals surface area contributed by atoms with Gasteiger partial charge in [-0.1, -0.05) is 11.6 Å². The lowest BCUT2D eigenvalue weighted by Gasteiger charge is -2.34. The van der Waals surface area contributed by atoms with E-state index in [1.807, 2.05) is 0 Å². The first-order chi connectivity index (χ1) is 14.5. The van der Waals surface area contributed by atoms with Gasteiger partial charge in [0.05, 0.1) is 29.4 Å². The molecule has 0 saturated heterocycles.